The lowest BCUT2D eigenvalue weighted by Crippen LogP contribution is -2.43. The standard InChI is InChI=1S/C13H19N3O2.ClH/c1-9-4-3-5-10(6-9)8-16(2)13(18)11(14)7-12(15)17;/h3-6,11H,7-8,14H2,1-2H3,(H2,15,17);1H. The number of carbonyl (C=O) groups is 2. The highest BCUT2D eigenvalue weighted by Crippen LogP contribution is 2.07. The first-order valence-electron chi connectivity index (χ1n) is 5.74. The van der Waals surface area contributed by atoms with E-state index in [0.717, 1.165) is 11.1 Å². The number of rotatable bonds is 5. The van der Waals surface area contributed by atoms with Crippen molar-refractivity contribution in [2.75, 3.05) is 7.05 Å². The maximum absolute atomic E-state index is 11.9. The van der Waals surface area contributed by atoms with E-state index in [1.165, 1.54) is 4.90 Å². The molecule has 1 aromatic rings. The molecule has 106 valence electrons. The Kier molecular flexibility index (Phi) is 7.11. The summed E-state index contributed by atoms with van der Waals surface area (Å²) in [5, 5.41) is 0. The van der Waals surface area contributed by atoms with Crippen LogP contribution in [0.1, 0.15) is 17.5 Å². The second-order valence-electron chi connectivity index (χ2n) is 4.46. The van der Waals surface area contributed by atoms with Crippen molar-refractivity contribution in [1.29, 1.82) is 0 Å². The summed E-state index contributed by atoms with van der Waals surface area (Å²) in [4.78, 5) is 24.1. The number of hydrogen-bond acceptors (Lipinski definition) is 3. The van der Waals surface area contributed by atoms with E-state index in [1.54, 1.807) is 7.05 Å². The van der Waals surface area contributed by atoms with E-state index in [2.05, 4.69) is 0 Å². The van der Waals surface area contributed by atoms with Gasteiger partial charge in [0.1, 0.15) is 0 Å². The van der Waals surface area contributed by atoms with E-state index in [0.29, 0.717) is 6.54 Å². The van der Waals surface area contributed by atoms with Crippen LogP contribution in [-0.4, -0.2) is 29.8 Å². The van der Waals surface area contributed by atoms with Crippen LogP contribution < -0.4 is 11.5 Å². The van der Waals surface area contributed by atoms with Crippen molar-refractivity contribution in [2.24, 2.45) is 11.5 Å². The molecule has 0 saturated carbocycles. The lowest BCUT2D eigenvalue weighted by Gasteiger charge is -2.20. The zero-order valence-corrected chi connectivity index (χ0v) is 11.9. The molecule has 1 rings (SSSR count). The zero-order valence-electron chi connectivity index (χ0n) is 11.1. The summed E-state index contributed by atoms with van der Waals surface area (Å²) in [6.07, 6.45) is -0.128. The molecule has 0 aromatic heterocycles. The van der Waals surface area contributed by atoms with Gasteiger partial charge in [0.15, 0.2) is 0 Å². The van der Waals surface area contributed by atoms with Crippen LogP contribution in [0.5, 0.6) is 0 Å². The molecule has 4 N–H and O–H groups in total. The molecule has 0 spiro atoms. The summed E-state index contributed by atoms with van der Waals surface area (Å²) in [5.74, 6) is -0.852. The minimum absolute atomic E-state index is 0. The normalized spacial score (nSPS) is 11.3. The van der Waals surface area contributed by atoms with Crippen LogP contribution in [0.2, 0.25) is 0 Å². The van der Waals surface area contributed by atoms with E-state index in [-0.39, 0.29) is 24.7 Å². The maximum Gasteiger partial charge on any atom is 0.240 e. The zero-order chi connectivity index (χ0) is 13.7. The van der Waals surface area contributed by atoms with Gasteiger partial charge in [-0.2, -0.15) is 0 Å². The number of halogens is 1. The molecule has 0 aliphatic carbocycles. The Morgan fingerprint density at radius 3 is 2.53 bits per heavy atom. The lowest BCUT2D eigenvalue weighted by molar-refractivity contribution is -0.133. The van der Waals surface area contributed by atoms with Crippen LogP contribution in [0.15, 0.2) is 24.3 Å². The van der Waals surface area contributed by atoms with Crippen molar-refractivity contribution in [1.82, 2.24) is 4.90 Å². The SMILES string of the molecule is Cc1cccc(CN(C)C(=O)C(N)CC(N)=O)c1.Cl. The van der Waals surface area contributed by atoms with Crippen molar-refractivity contribution < 1.29 is 9.59 Å². The molecule has 19 heavy (non-hydrogen) atoms. The Morgan fingerprint density at radius 1 is 1.37 bits per heavy atom. The molecule has 1 unspecified atom stereocenters. The number of likely N-dealkylation sites (N-methyl/N-ethyl adjacent to an activating group) is 1. The monoisotopic (exact) mass is 285 g/mol. The molecule has 0 radical (unpaired) electrons. The summed E-state index contributed by atoms with van der Waals surface area (Å²) in [7, 11) is 1.66. The molecule has 0 aliphatic rings. The molecular weight excluding hydrogens is 266 g/mol. The van der Waals surface area contributed by atoms with Gasteiger partial charge in [-0.3, -0.25) is 9.59 Å². The van der Waals surface area contributed by atoms with Crippen LogP contribution in [0.4, 0.5) is 0 Å². The smallest absolute Gasteiger partial charge is 0.240 e. The number of primary amides is 1. The Bertz CT molecular complexity index is 451. The molecule has 1 atom stereocenters. The fourth-order valence-corrected chi connectivity index (χ4v) is 1.75. The Morgan fingerprint density at radius 2 is 2.00 bits per heavy atom. The minimum Gasteiger partial charge on any atom is -0.370 e. The molecule has 0 aliphatic heterocycles. The van der Waals surface area contributed by atoms with Gasteiger partial charge < -0.3 is 16.4 Å². The molecule has 0 heterocycles. The highest BCUT2D eigenvalue weighted by molar-refractivity contribution is 5.87. The predicted molar refractivity (Wildman–Crippen MR) is 76.7 cm³/mol. The van der Waals surface area contributed by atoms with Gasteiger partial charge in [0, 0.05) is 13.6 Å². The average molecular weight is 286 g/mol. The largest absolute Gasteiger partial charge is 0.370 e. The summed E-state index contributed by atoms with van der Waals surface area (Å²) in [6.45, 7) is 2.46. The van der Waals surface area contributed by atoms with Gasteiger partial charge >= 0.3 is 0 Å². The first-order valence-corrected chi connectivity index (χ1v) is 5.74. The van der Waals surface area contributed by atoms with Crippen molar-refractivity contribution in [3.63, 3.8) is 0 Å². The van der Waals surface area contributed by atoms with Crippen LogP contribution in [0.25, 0.3) is 0 Å². The summed E-state index contributed by atoms with van der Waals surface area (Å²) in [5.41, 5.74) is 12.8. The second-order valence-corrected chi connectivity index (χ2v) is 4.46. The van der Waals surface area contributed by atoms with E-state index in [9.17, 15) is 9.59 Å². The number of benzene rings is 1. The third kappa shape index (κ3) is 5.72. The van der Waals surface area contributed by atoms with E-state index in [4.69, 9.17) is 11.5 Å². The van der Waals surface area contributed by atoms with Crippen LogP contribution in [-0.2, 0) is 16.1 Å². The van der Waals surface area contributed by atoms with Gasteiger partial charge in [0.05, 0.1) is 12.5 Å². The summed E-state index contributed by atoms with van der Waals surface area (Å²) in [6, 6.07) is 7.01. The number of aryl methyl sites for hydroxylation is 1. The van der Waals surface area contributed by atoms with Gasteiger partial charge in [-0.05, 0) is 12.5 Å². The number of hydrogen-bond donors (Lipinski definition) is 2. The van der Waals surface area contributed by atoms with Crippen LogP contribution >= 0.6 is 12.4 Å². The molecule has 0 bridgehead atoms. The fourth-order valence-electron chi connectivity index (χ4n) is 1.75. The molecule has 0 fully saturated rings. The van der Waals surface area contributed by atoms with Crippen molar-refractivity contribution in [3.05, 3.63) is 35.4 Å². The first-order chi connectivity index (χ1) is 8.40. The summed E-state index contributed by atoms with van der Waals surface area (Å²) >= 11 is 0. The lowest BCUT2D eigenvalue weighted by atomic mass is 10.1. The fraction of sp³-hybridized carbons (Fsp3) is 0.385. The predicted octanol–water partition coefficient (Wildman–Crippen LogP) is 0.578. The average Bonchev–Trinajstić information content (AvgIpc) is 2.27. The van der Waals surface area contributed by atoms with Crippen LogP contribution in [0, 0.1) is 6.92 Å². The molecule has 0 saturated heterocycles. The van der Waals surface area contributed by atoms with Crippen LogP contribution in [0.3, 0.4) is 0 Å². The number of carbonyl (C=O) groups excluding carboxylic acids is 2. The van der Waals surface area contributed by atoms with Crippen molar-refractivity contribution in [3.8, 4) is 0 Å². The third-order valence-electron chi connectivity index (χ3n) is 2.62. The Balaban J connectivity index is 0.00000324. The van der Waals surface area contributed by atoms with Crippen molar-refractivity contribution >= 4 is 24.2 Å². The third-order valence-corrected chi connectivity index (χ3v) is 2.62. The van der Waals surface area contributed by atoms with Gasteiger partial charge in [-0.25, -0.2) is 0 Å². The molecule has 1 aromatic carbocycles. The highest BCUT2D eigenvalue weighted by Gasteiger charge is 2.19. The maximum atomic E-state index is 11.9. The Hall–Kier alpha value is -1.59. The summed E-state index contributed by atoms with van der Waals surface area (Å²) < 4.78 is 0. The topological polar surface area (TPSA) is 89.4 Å². The molecule has 6 heteroatoms. The minimum atomic E-state index is -0.864. The highest BCUT2D eigenvalue weighted by atomic mass is 35.5. The van der Waals surface area contributed by atoms with E-state index < -0.39 is 11.9 Å². The number of amides is 2. The van der Waals surface area contributed by atoms with E-state index in [1.807, 2.05) is 31.2 Å². The molecule has 2 amide bonds. The van der Waals surface area contributed by atoms with Gasteiger partial charge in [-0.1, -0.05) is 29.8 Å². The number of nitrogens with zero attached hydrogens (tertiary/aromatic N) is 1. The number of nitrogens with two attached hydrogens (primary N) is 2. The molecular formula is C13H20ClN3O2. The second kappa shape index (κ2) is 7.76. The quantitative estimate of drug-likeness (QED) is 0.829. The van der Waals surface area contributed by atoms with E-state index >= 15 is 0 Å². The van der Waals surface area contributed by atoms with Gasteiger partial charge in [0.2, 0.25) is 11.8 Å². The first kappa shape index (κ1) is 17.4. The van der Waals surface area contributed by atoms with Gasteiger partial charge in [0.25, 0.3) is 0 Å². The van der Waals surface area contributed by atoms with Crippen molar-refractivity contribution in [2.45, 2.75) is 25.9 Å². The molecule has 5 nitrogen and oxygen atoms in total. The van der Waals surface area contributed by atoms with Gasteiger partial charge in [-0.15, -0.1) is 12.4 Å². The Labute approximate surface area is 119 Å².